The van der Waals surface area contributed by atoms with E-state index in [1.54, 1.807) is 0 Å². The van der Waals surface area contributed by atoms with E-state index in [0.717, 1.165) is 58.5 Å². The topological polar surface area (TPSA) is 50.4 Å². The number of carbonyl (C=O) groups is 1. The predicted molar refractivity (Wildman–Crippen MR) is 62.1 cm³/mol. The van der Waals surface area contributed by atoms with Crippen molar-refractivity contribution in [1.82, 2.24) is 10.6 Å². The monoisotopic (exact) mass is 226 g/mol. The minimum Gasteiger partial charge on any atom is -0.381 e. The molecule has 4 nitrogen and oxygen atoms in total. The molecule has 1 amide bonds. The number of hydrogen-bond acceptors (Lipinski definition) is 3. The molecule has 0 aromatic heterocycles. The number of nitrogens with one attached hydrogen (secondary N) is 2. The van der Waals surface area contributed by atoms with Crippen molar-refractivity contribution in [3.8, 4) is 0 Å². The van der Waals surface area contributed by atoms with Crippen molar-refractivity contribution in [1.29, 1.82) is 0 Å². The van der Waals surface area contributed by atoms with E-state index in [0.29, 0.717) is 5.92 Å². The third kappa shape index (κ3) is 3.46. The number of hydrogen-bond donors (Lipinski definition) is 2. The molecular formula is C12H22N2O2. The van der Waals surface area contributed by atoms with Crippen LogP contribution < -0.4 is 10.6 Å². The molecule has 0 aromatic carbocycles. The molecule has 0 radical (unpaired) electrons. The third-order valence-electron chi connectivity index (χ3n) is 3.54. The normalized spacial score (nSPS) is 30.2. The zero-order valence-corrected chi connectivity index (χ0v) is 9.84. The first-order valence-corrected chi connectivity index (χ1v) is 6.42. The lowest BCUT2D eigenvalue weighted by molar-refractivity contribution is -0.125. The minimum atomic E-state index is 0.188. The SMILES string of the molecule is O=C(NCCC1CCOC1)C1CCCNC1. The first-order chi connectivity index (χ1) is 7.86. The summed E-state index contributed by atoms with van der Waals surface area (Å²) >= 11 is 0. The van der Waals surface area contributed by atoms with Gasteiger partial charge in [-0.2, -0.15) is 0 Å². The summed E-state index contributed by atoms with van der Waals surface area (Å²) in [4.78, 5) is 11.8. The standard InChI is InChI=1S/C12H22N2O2/c15-12(11-2-1-5-13-8-11)14-6-3-10-4-7-16-9-10/h10-11,13H,1-9H2,(H,14,15). The van der Waals surface area contributed by atoms with E-state index in [1.807, 2.05) is 0 Å². The predicted octanol–water partition coefficient (Wildman–Crippen LogP) is 0.529. The maximum absolute atomic E-state index is 11.8. The van der Waals surface area contributed by atoms with Crippen molar-refractivity contribution in [2.75, 3.05) is 32.8 Å². The van der Waals surface area contributed by atoms with Crippen molar-refractivity contribution in [2.45, 2.75) is 25.7 Å². The molecule has 2 aliphatic heterocycles. The number of rotatable bonds is 4. The average molecular weight is 226 g/mol. The van der Waals surface area contributed by atoms with Gasteiger partial charge < -0.3 is 15.4 Å². The maximum atomic E-state index is 11.8. The Morgan fingerprint density at radius 3 is 3.06 bits per heavy atom. The van der Waals surface area contributed by atoms with Crippen molar-refractivity contribution >= 4 is 5.91 Å². The van der Waals surface area contributed by atoms with Gasteiger partial charge in [-0.25, -0.2) is 0 Å². The van der Waals surface area contributed by atoms with Crippen LogP contribution in [0.5, 0.6) is 0 Å². The molecule has 0 aliphatic carbocycles. The van der Waals surface area contributed by atoms with E-state index in [1.165, 1.54) is 0 Å². The second kappa shape index (κ2) is 6.21. The summed E-state index contributed by atoms with van der Waals surface area (Å²) in [5, 5.41) is 6.31. The van der Waals surface area contributed by atoms with E-state index >= 15 is 0 Å². The van der Waals surface area contributed by atoms with Crippen molar-refractivity contribution in [3.05, 3.63) is 0 Å². The quantitative estimate of drug-likeness (QED) is 0.735. The van der Waals surface area contributed by atoms with Crippen molar-refractivity contribution < 1.29 is 9.53 Å². The lowest BCUT2D eigenvalue weighted by Gasteiger charge is -2.22. The molecule has 0 saturated carbocycles. The lowest BCUT2D eigenvalue weighted by atomic mass is 9.98. The Bertz CT molecular complexity index is 221. The van der Waals surface area contributed by atoms with Crippen molar-refractivity contribution in [3.63, 3.8) is 0 Å². The van der Waals surface area contributed by atoms with Gasteiger partial charge in [0, 0.05) is 26.3 Å². The van der Waals surface area contributed by atoms with Gasteiger partial charge in [0.2, 0.25) is 5.91 Å². The highest BCUT2D eigenvalue weighted by molar-refractivity contribution is 5.78. The highest BCUT2D eigenvalue weighted by Crippen LogP contribution is 2.15. The molecule has 2 saturated heterocycles. The third-order valence-corrected chi connectivity index (χ3v) is 3.54. The number of amides is 1. The van der Waals surface area contributed by atoms with Crippen LogP contribution >= 0.6 is 0 Å². The van der Waals surface area contributed by atoms with Crippen LogP contribution in [0.4, 0.5) is 0 Å². The molecule has 2 unspecified atom stereocenters. The summed E-state index contributed by atoms with van der Waals surface area (Å²) in [7, 11) is 0. The van der Waals surface area contributed by atoms with Crippen LogP contribution in [0.1, 0.15) is 25.7 Å². The molecule has 0 bridgehead atoms. The molecule has 2 rings (SSSR count). The van der Waals surface area contributed by atoms with Crippen LogP contribution in [-0.2, 0) is 9.53 Å². The molecule has 0 spiro atoms. The number of carbonyl (C=O) groups excluding carboxylic acids is 1. The molecule has 92 valence electrons. The molecule has 0 aromatic rings. The highest BCUT2D eigenvalue weighted by Gasteiger charge is 2.21. The molecule has 2 fully saturated rings. The van der Waals surface area contributed by atoms with Crippen LogP contribution in [0.2, 0.25) is 0 Å². The summed E-state index contributed by atoms with van der Waals surface area (Å²) in [6.45, 7) is 4.48. The van der Waals surface area contributed by atoms with Crippen LogP contribution in [0.3, 0.4) is 0 Å². The van der Waals surface area contributed by atoms with Crippen LogP contribution in [0, 0.1) is 11.8 Å². The smallest absolute Gasteiger partial charge is 0.224 e. The summed E-state index contributed by atoms with van der Waals surface area (Å²) in [6, 6.07) is 0. The Kier molecular flexibility index (Phi) is 4.60. The summed E-state index contributed by atoms with van der Waals surface area (Å²) in [5.74, 6) is 1.07. The maximum Gasteiger partial charge on any atom is 0.224 e. The molecule has 2 N–H and O–H groups in total. The summed E-state index contributed by atoms with van der Waals surface area (Å²) < 4.78 is 5.31. The fourth-order valence-corrected chi connectivity index (χ4v) is 2.43. The zero-order chi connectivity index (χ0) is 11.2. The van der Waals surface area contributed by atoms with Crippen molar-refractivity contribution in [2.24, 2.45) is 11.8 Å². The van der Waals surface area contributed by atoms with E-state index < -0.39 is 0 Å². The van der Waals surface area contributed by atoms with Gasteiger partial charge in [-0.3, -0.25) is 4.79 Å². The fourth-order valence-electron chi connectivity index (χ4n) is 2.43. The minimum absolute atomic E-state index is 0.188. The highest BCUT2D eigenvalue weighted by atomic mass is 16.5. The Labute approximate surface area is 97.1 Å². The Morgan fingerprint density at radius 1 is 1.44 bits per heavy atom. The Balaban J connectivity index is 1.59. The Hall–Kier alpha value is -0.610. The van der Waals surface area contributed by atoms with Crippen LogP contribution in [-0.4, -0.2) is 38.8 Å². The van der Waals surface area contributed by atoms with Crippen LogP contribution in [0.25, 0.3) is 0 Å². The van der Waals surface area contributed by atoms with E-state index in [2.05, 4.69) is 10.6 Å². The Morgan fingerprint density at radius 2 is 2.38 bits per heavy atom. The largest absolute Gasteiger partial charge is 0.381 e. The van der Waals surface area contributed by atoms with Gasteiger partial charge in [0.15, 0.2) is 0 Å². The zero-order valence-electron chi connectivity index (χ0n) is 9.84. The van der Waals surface area contributed by atoms with Gasteiger partial charge >= 0.3 is 0 Å². The van der Waals surface area contributed by atoms with Crippen LogP contribution in [0.15, 0.2) is 0 Å². The molecule has 2 atom stereocenters. The lowest BCUT2D eigenvalue weighted by Crippen LogP contribution is -2.41. The van der Waals surface area contributed by atoms with Gasteiger partial charge in [0.1, 0.15) is 0 Å². The second-order valence-corrected chi connectivity index (χ2v) is 4.85. The van der Waals surface area contributed by atoms with E-state index in [-0.39, 0.29) is 11.8 Å². The van der Waals surface area contributed by atoms with E-state index in [4.69, 9.17) is 4.74 Å². The van der Waals surface area contributed by atoms with Gasteiger partial charge in [-0.1, -0.05) is 0 Å². The van der Waals surface area contributed by atoms with Gasteiger partial charge in [0.05, 0.1) is 5.92 Å². The summed E-state index contributed by atoms with van der Waals surface area (Å²) in [6.07, 6.45) is 4.37. The van der Waals surface area contributed by atoms with E-state index in [9.17, 15) is 4.79 Å². The summed E-state index contributed by atoms with van der Waals surface area (Å²) in [5.41, 5.74) is 0. The van der Waals surface area contributed by atoms with Gasteiger partial charge in [-0.05, 0) is 38.1 Å². The number of piperidine rings is 1. The van der Waals surface area contributed by atoms with Gasteiger partial charge in [-0.15, -0.1) is 0 Å². The molecular weight excluding hydrogens is 204 g/mol. The molecule has 2 aliphatic rings. The first kappa shape index (κ1) is 11.9. The number of ether oxygens (including phenoxy) is 1. The second-order valence-electron chi connectivity index (χ2n) is 4.85. The molecule has 4 heteroatoms. The average Bonchev–Trinajstić information content (AvgIpc) is 2.83. The fraction of sp³-hybridized carbons (Fsp3) is 0.917. The first-order valence-electron chi connectivity index (χ1n) is 6.42. The molecule has 16 heavy (non-hydrogen) atoms. The van der Waals surface area contributed by atoms with Gasteiger partial charge in [0.25, 0.3) is 0 Å². The molecule has 2 heterocycles.